The Morgan fingerprint density at radius 3 is 2.58 bits per heavy atom. The molecule has 1 rings (SSSR count). The van der Waals surface area contributed by atoms with Crippen molar-refractivity contribution >= 4 is 17.5 Å². The van der Waals surface area contributed by atoms with Gasteiger partial charge in [-0.3, -0.25) is 4.79 Å². The average molecular weight is 180 g/mol. The van der Waals surface area contributed by atoms with Crippen molar-refractivity contribution in [2.24, 2.45) is 0 Å². The third-order valence-electron chi connectivity index (χ3n) is 1.73. The molecule has 0 aliphatic rings. The van der Waals surface area contributed by atoms with Gasteiger partial charge in [0.05, 0.1) is 0 Å². The van der Waals surface area contributed by atoms with E-state index in [2.05, 4.69) is 0 Å². The Morgan fingerprint density at radius 1 is 1.42 bits per heavy atom. The van der Waals surface area contributed by atoms with Crippen molar-refractivity contribution in [3.05, 3.63) is 29.3 Å². The molecule has 0 N–H and O–H groups in total. The van der Waals surface area contributed by atoms with Gasteiger partial charge < -0.3 is 0 Å². The first-order valence-electron chi connectivity index (χ1n) is 3.80. The molecule has 0 saturated carbocycles. The fourth-order valence-corrected chi connectivity index (χ4v) is 1.72. The molecule has 0 heterocycles. The molecular weight excluding hydrogens is 168 g/mol. The van der Waals surface area contributed by atoms with Crippen molar-refractivity contribution in [3.8, 4) is 0 Å². The smallest absolute Gasteiger partial charge is 0.160 e. The lowest BCUT2D eigenvalue weighted by Gasteiger charge is -2.04. The molecule has 0 aliphatic carbocycles. The highest BCUT2D eigenvalue weighted by Crippen LogP contribution is 2.21. The minimum atomic E-state index is 0.142. The summed E-state index contributed by atoms with van der Waals surface area (Å²) in [4.78, 5) is 12.2. The van der Waals surface area contributed by atoms with Crippen molar-refractivity contribution in [1.82, 2.24) is 0 Å². The summed E-state index contributed by atoms with van der Waals surface area (Å²) in [5.41, 5.74) is 1.97. The summed E-state index contributed by atoms with van der Waals surface area (Å²) >= 11 is 1.61. The average Bonchev–Trinajstić information content (AvgIpc) is 2.04. The Morgan fingerprint density at radius 2 is 2.08 bits per heavy atom. The largest absolute Gasteiger partial charge is 0.294 e. The zero-order valence-corrected chi connectivity index (χ0v) is 8.37. The molecule has 0 spiro atoms. The van der Waals surface area contributed by atoms with Crippen molar-refractivity contribution in [2.45, 2.75) is 18.7 Å². The van der Waals surface area contributed by atoms with Crippen LogP contribution in [0.4, 0.5) is 0 Å². The number of hydrogen-bond acceptors (Lipinski definition) is 2. The van der Waals surface area contributed by atoms with Gasteiger partial charge in [-0.05, 0) is 32.2 Å². The Bertz CT molecular complexity index is 305. The van der Waals surface area contributed by atoms with Gasteiger partial charge in [0.1, 0.15) is 0 Å². The zero-order valence-electron chi connectivity index (χ0n) is 7.55. The number of benzene rings is 1. The molecule has 12 heavy (non-hydrogen) atoms. The molecule has 0 atom stereocenters. The second kappa shape index (κ2) is 3.76. The summed E-state index contributed by atoms with van der Waals surface area (Å²) in [6.07, 6.45) is 1.98. The number of Topliss-reactive ketones (excluding diaryl/α,β-unsaturated/α-hetero) is 1. The molecule has 1 aromatic carbocycles. The first-order valence-corrected chi connectivity index (χ1v) is 5.03. The van der Waals surface area contributed by atoms with E-state index < -0.39 is 0 Å². The van der Waals surface area contributed by atoms with E-state index in [1.54, 1.807) is 18.7 Å². The molecular formula is C10H12OS. The first-order chi connectivity index (χ1) is 5.65. The summed E-state index contributed by atoms with van der Waals surface area (Å²) in [5, 5.41) is 0. The highest BCUT2D eigenvalue weighted by molar-refractivity contribution is 7.98. The van der Waals surface area contributed by atoms with Gasteiger partial charge in [0.25, 0.3) is 0 Å². The number of carbonyl (C=O) groups excluding carboxylic acids is 1. The van der Waals surface area contributed by atoms with Gasteiger partial charge in [-0.25, -0.2) is 0 Å². The lowest BCUT2D eigenvalue weighted by Crippen LogP contribution is -1.95. The molecule has 64 valence electrons. The second-order valence-electron chi connectivity index (χ2n) is 2.76. The number of hydrogen-bond donors (Lipinski definition) is 0. The SMILES string of the molecule is CSc1ccc(C)cc1C(C)=O. The first kappa shape index (κ1) is 9.33. The molecule has 0 amide bonds. The number of carbonyl (C=O) groups is 1. The molecule has 0 aromatic heterocycles. The predicted octanol–water partition coefficient (Wildman–Crippen LogP) is 2.92. The monoisotopic (exact) mass is 180 g/mol. The van der Waals surface area contributed by atoms with E-state index in [9.17, 15) is 4.79 Å². The quantitative estimate of drug-likeness (QED) is 0.514. The van der Waals surface area contributed by atoms with Crippen LogP contribution in [0.3, 0.4) is 0 Å². The molecule has 0 saturated heterocycles. The molecule has 0 unspecified atom stereocenters. The molecule has 0 fully saturated rings. The van der Waals surface area contributed by atoms with Crippen LogP contribution in [0.15, 0.2) is 23.1 Å². The van der Waals surface area contributed by atoms with E-state index in [0.717, 1.165) is 16.0 Å². The minimum Gasteiger partial charge on any atom is -0.294 e. The summed E-state index contributed by atoms with van der Waals surface area (Å²) in [6, 6.07) is 5.96. The highest BCUT2D eigenvalue weighted by Gasteiger charge is 2.05. The van der Waals surface area contributed by atoms with Gasteiger partial charge in [0, 0.05) is 10.5 Å². The summed E-state index contributed by atoms with van der Waals surface area (Å²) in [5.74, 6) is 0.142. The van der Waals surface area contributed by atoms with Crippen LogP contribution < -0.4 is 0 Å². The summed E-state index contributed by atoms with van der Waals surface area (Å²) in [7, 11) is 0. The number of ketones is 1. The van der Waals surface area contributed by atoms with E-state index in [0.29, 0.717) is 0 Å². The third-order valence-corrected chi connectivity index (χ3v) is 2.53. The van der Waals surface area contributed by atoms with Crippen LogP contribution in [0.25, 0.3) is 0 Å². The lowest BCUT2D eigenvalue weighted by molar-refractivity contribution is 0.101. The van der Waals surface area contributed by atoms with E-state index >= 15 is 0 Å². The number of thioether (sulfide) groups is 1. The zero-order chi connectivity index (χ0) is 9.14. The fourth-order valence-electron chi connectivity index (χ4n) is 1.10. The molecule has 1 aromatic rings. The van der Waals surface area contributed by atoms with E-state index in [4.69, 9.17) is 0 Å². The maximum Gasteiger partial charge on any atom is 0.160 e. The van der Waals surface area contributed by atoms with Crippen LogP contribution in [0.2, 0.25) is 0 Å². The topological polar surface area (TPSA) is 17.1 Å². The van der Waals surface area contributed by atoms with Crippen molar-refractivity contribution in [3.63, 3.8) is 0 Å². The van der Waals surface area contributed by atoms with Gasteiger partial charge in [0.15, 0.2) is 5.78 Å². The van der Waals surface area contributed by atoms with E-state index in [-0.39, 0.29) is 5.78 Å². The van der Waals surface area contributed by atoms with Crippen molar-refractivity contribution < 1.29 is 4.79 Å². The Balaban J connectivity index is 3.21. The molecule has 2 heteroatoms. The number of rotatable bonds is 2. The van der Waals surface area contributed by atoms with Gasteiger partial charge in [-0.15, -0.1) is 11.8 Å². The minimum absolute atomic E-state index is 0.142. The molecule has 0 radical (unpaired) electrons. The highest BCUT2D eigenvalue weighted by atomic mass is 32.2. The molecule has 0 bridgehead atoms. The second-order valence-corrected chi connectivity index (χ2v) is 3.61. The van der Waals surface area contributed by atoms with E-state index in [1.807, 2.05) is 31.4 Å². The van der Waals surface area contributed by atoms with Crippen LogP contribution in [0.1, 0.15) is 22.8 Å². The summed E-state index contributed by atoms with van der Waals surface area (Å²) in [6.45, 7) is 3.60. The fraction of sp³-hybridized carbons (Fsp3) is 0.300. The van der Waals surface area contributed by atoms with Crippen molar-refractivity contribution in [2.75, 3.05) is 6.26 Å². The predicted molar refractivity (Wildman–Crippen MR) is 53.0 cm³/mol. The Kier molecular flexibility index (Phi) is 2.93. The lowest BCUT2D eigenvalue weighted by atomic mass is 10.1. The molecule has 1 nitrogen and oxygen atoms in total. The van der Waals surface area contributed by atoms with Crippen LogP contribution in [-0.2, 0) is 0 Å². The van der Waals surface area contributed by atoms with Crippen molar-refractivity contribution in [1.29, 1.82) is 0 Å². The van der Waals surface area contributed by atoms with Crippen LogP contribution >= 0.6 is 11.8 Å². The van der Waals surface area contributed by atoms with Crippen LogP contribution in [0.5, 0.6) is 0 Å². The van der Waals surface area contributed by atoms with Gasteiger partial charge in [-0.2, -0.15) is 0 Å². The van der Waals surface area contributed by atoms with Crippen LogP contribution in [-0.4, -0.2) is 12.0 Å². The maximum absolute atomic E-state index is 11.2. The standard InChI is InChI=1S/C10H12OS/c1-7-4-5-10(12-3)9(6-7)8(2)11/h4-6H,1-3H3. The Labute approximate surface area is 77.2 Å². The number of aryl methyl sites for hydroxylation is 1. The van der Waals surface area contributed by atoms with Gasteiger partial charge in [0.2, 0.25) is 0 Å². The van der Waals surface area contributed by atoms with Gasteiger partial charge >= 0.3 is 0 Å². The maximum atomic E-state index is 11.2. The van der Waals surface area contributed by atoms with Crippen LogP contribution in [0, 0.1) is 6.92 Å². The normalized spacial score (nSPS) is 9.92. The van der Waals surface area contributed by atoms with Gasteiger partial charge in [-0.1, -0.05) is 11.6 Å². The molecule has 0 aliphatic heterocycles. The summed E-state index contributed by atoms with van der Waals surface area (Å²) < 4.78 is 0. The Hall–Kier alpha value is -0.760. The van der Waals surface area contributed by atoms with E-state index in [1.165, 1.54) is 0 Å². The third kappa shape index (κ3) is 1.89.